The van der Waals surface area contributed by atoms with Gasteiger partial charge >= 0.3 is 0 Å². The van der Waals surface area contributed by atoms with Crippen molar-refractivity contribution in [1.82, 2.24) is 50.2 Å². The fourth-order valence-corrected chi connectivity index (χ4v) is 11.1. The van der Waals surface area contributed by atoms with Crippen LogP contribution in [0.3, 0.4) is 0 Å². The van der Waals surface area contributed by atoms with E-state index in [0.29, 0.717) is 118 Å². The number of halogens is 1. The van der Waals surface area contributed by atoms with Gasteiger partial charge in [0.05, 0.1) is 42.9 Å². The predicted molar refractivity (Wildman–Crippen MR) is 268 cm³/mol. The van der Waals surface area contributed by atoms with Crippen molar-refractivity contribution in [3.05, 3.63) is 111 Å². The molecule has 6 aliphatic rings. The molecule has 0 radical (unpaired) electrons. The van der Waals surface area contributed by atoms with Gasteiger partial charge in [-0.1, -0.05) is 36.4 Å². The van der Waals surface area contributed by atoms with E-state index < -0.39 is 17.8 Å². The van der Waals surface area contributed by atoms with Crippen molar-refractivity contribution in [2.75, 3.05) is 111 Å². The summed E-state index contributed by atoms with van der Waals surface area (Å²) in [6.07, 6.45) is 6.40. The number of piperidine rings is 2. The average Bonchev–Trinajstić information content (AvgIpc) is 4.24. The number of likely N-dealkylation sites (tertiary alicyclic amines) is 2. The third-order valence-corrected chi connectivity index (χ3v) is 15.8. The first kappa shape index (κ1) is 49.5. The molecule has 0 bridgehead atoms. The Morgan fingerprint density at radius 1 is 0.736 bits per heavy atom. The number of fused-ring (bicyclic) bond motifs is 1. The van der Waals surface area contributed by atoms with Crippen molar-refractivity contribution >= 4 is 40.3 Å². The summed E-state index contributed by atoms with van der Waals surface area (Å²) in [6, 6.07) is 19.1. The Hall–Kier alpha value is -6.08. The molecule has 17 nitrogen and oxygen atoms in total. The number of nitrogens with zero attached hydrogens (tertiary/aromatic N) is 7. The largest absolute Gasteiger partial charge is 0.380 e. The molecule has 3 N–H and O–H groups in total. The molecular formula is C54H67FN10O7. The van der Waals surface area contributed by atoms with Crippen molar-refractivity contribution in [3.8, 4) is 0 Å². The fraction of sp³-hybridized carbons (Fsp3) is 0.537. The smallest absolute Gasteiger partial charge is 0.272 e. The van der Waals surface area contributed by atoms with Crippen LogP contribution < -0.4 is 16.2 Å². The van der Waals surface area contributed by atoms with Crippen LogP contribution >= 0.6 is 0 Å². The molecule has 2 atom stereocenters. The number of ether oxygens (including phenoxy) is 1. The maximum absolute atomic E-state index is 15.1. The van der Waals surface area contributed by atoms with Gasteiger partial charge in [0.1, 0.15) is 11.9 Å². The van der Waals surface area contributed by atoms with E-state index in [1.807, 2.05) is 40.1 Å². The number of aromatic nitrogens is 2. The number of piperazine rings is 2. The lowest BCUT2D eigenvalue weighted by Crippen LogP contribution is -2.60. The molecule has 1 aliphatic carbocycles. The first-order chi connectivity index (χ1) is 35.0. The number of carbonyl (C=O) groups excluding carboxylic acids is 5. The van der Waals surface area contributed by atoms with E-state index in [2.05, 4.69) is 30.6 Å². The van der Waals surface area contributed by atoms with Crippen molar-refractivity contribution in [2.24, 2.45) is 11.8 Å². The van der Waals surface area contributed by atoms with Crippen LogP contribution in [0.2, 0.25) is 0 Å². The third kappa shape index (κ3) is 11.7. The molecule has 3 aromatic carbocycles. The molecule has 0 spiro atoms. The standard InChI is InChI=1S/C54H67FN10O7/c55-46-13-10-37(28-47-43-8-1-2-9-44(43)52(69)59-58-47)27-45(46)53(70)63-25-23-62(24-26-63)49(67)33-60-17-14-36(15-18-60)31-61-19-21-64(22-20-61)54(71)50(41-34-72-35-41)57-51(68)39-6-3-5-38(29-39)40-7-4-16-65(32-40)48(66)30-56-42-11-12-42/h1-3,5-6,8-10,13,27,29,36,40-42,50,56H,4,7,11-12,14-26,28,30-35H2,(H,57,68)(H,59,69). The van der Waals surface area contributed by atoms with E-state index in [1.165, 1.54) is 6.07 Å². The molecule has 72 heavy (non-hydrogen) atoms. The Morgan fingerprint density at radius 2 is 1.47 bits per heavy atom. The van der Waals surface area contributed by atoms with Crippen LogP contribution in [0.1, 0.15) is 82.0 Å². The number of aromatic amines is 1. The summed E-state index contributed by atoms with van der Waals surface area (Å²) in [7, 11) is 0. The second-order valence-corrected chi connectivity index (χ2v) is 20.8. The lowest BCUT2D eigenvalue weighted by molar-refractivity contribution is -0.142. The summed E-state index contributed by atoms with van der Waals surface area (Å²) in [5.74, 6) is -0.650. The number of hydrogen-bond donors (Lipinski definition) is 3. The third-order valence-electron chi connectivity index (χ3n) is 15.8. The van der Waals surface area contributed by atoms with E-state index in [0.717, 1.165) is 83.4 Å². The molecule has 1 aromatic heterocycles. The summed E-state index contributed by atoms with van der Waals surface area (Å²) in [4.78, 5) is 92.0. The van der Waals surface area contributed by atoms with Crippen molar-refractivity contribution in [2.45, 2.75) is 62.9 Å². The van der Waals surface area contributed by atoms with E-state index in [1.54, 1.807) is 40.1 Å². The minimum Gasteiger partial charge on any atom is -0.380 e. The highest BCUT2D eigenvalue weighted by atomic mass is 19.1. The van der Waals surface area contributed by atoms with Gasteiger partial charge in [-0.3, -0.25) is 38.6 Å². The van der Waals surface area contributed by atoms with Gasteiger partial charge in [0.2, 0.25) is 17.7 Å². The molecule has 5 saturated heterocycles. The van der Waals surface area contributed by atoms with Gasteiger partial charge in [0, 0.05) is 107 Å². The van der Waals surface area contributed by atoms with Gasteiger partial charge in [-0.2, -0.15) is 5.10 Å². The van der Waals surface area contributed by atoms with Crippen molar-refractivity contribution < 1.29 is 33.1 Å². The van der Waals surface area contributed by atoms with Gasteiger partial charge in [-0.15, -0.1) is 0 Å². The number of nitrogens with one attached hydrogen (secondary N) is 3. The fourth-order valence-electron chi connectivity index (χ4n) is 11.1. The Kier molecular flexibility index (Phi) is 15.4. The lowest BCUT2D eigenvalue weighted by Gasteiger charge is -2.41. The van der Waals surface area contributed by atoms with Crippen LogP contribution in [0, 0.1) is 17.7 Å². The number of amides is 5. The zero-order chi connectivity index (χ0) is 49.7. The Balaban J connectivity index is 0.642. The maximum atomic E-state index is 15.1. The van der Waals surface area contributed by atoms with E-state index in [-0.39, 0.29) is 46.6 Å². The van der Waals surface area contributed by atoms with Gasteiger partial charge in [0.15, 0.2) is 0 Å². The van der Waals surface area contributed by atoms with Gasteiger partial charge in [0.25, 0.3) is 17.4 Å². The minimum atomic E-state index is -0.671. The van der Waals surface area contributed by atoms with Gasteiger partial charge in [-0.25, -0.2) is 9.49 Å². The number of benzene rings is 3. The highest BCUT2D eigenvalue weighted by Crippen LogP contribution is 2.29. The van der Waals surface area contributed by atoms with E-state index in [9.17, 15) is 28.8 Å². The molecule has 6 fully saturated rings. The molecule has 4 aromatic rings. The second-order valence-electron chi connectivity index (χ2n) is 20.8. The monoisotopic (exact) mass is 987 g/mol. The van der Waals surface area contributed by atoms with Gasteiger partial charge in [-0.05, 0) is 99.0 Å². The van der Waals surface area contributed by atoms with Crippen LogP contribution in [0.15, 0.2) is 71.5 Å². The molecule has 18 heteroatoms. The molecule has 382 valence electrons. The Bertz CT molecular complexity index is 2690. The summed E-state index contributed by atoms with van der Waals surface area (Å²) < 4.78 is 20.6. The van der Waals surface area contributed by atoms with Crippen molar-refractivity contribution in [3.63, 3.8) is 0 Å². The van der Waals surface area contributed by atoms with Gasteiger partial charge < -0.3 is 35.0 Å². The first-order valence-electron chi connectivity index (χ1n) is 26.1. The zero-order valence-electron chi connectivity index (χ0n) is 41.1. The number of hydrogen-bond acceptors (Lipinski definition) is 11. The van der Waals surface area contributed by atoms with E-state index >= 15 is 4.39 Å². The normalized spacial score (nSPS) is 21.1. The molecule has 1 saturated carbocycles. The number of carbonyl (C=O) groups is 5. The Labute approximate surface area is 419 Å². The summed E-state index contributed by atoms with van der Waals surface area (Å²) >= 11 is 0. The van der Waals surface area contributed by atoms with Crippen molar-refractivity contribution in [1.29, 1.82) is 0 Å². The Morgan fingerprint density at radius 3 is 2.21 bits per heavy atom. The maximum Gasteiger partial charge on any atom is 0.272 e. The molecule has 2 unspecified atom stereocenters. The molecule has 6 heterocycles. The molecule has 5 aliphatic heterocycles. The molecular weight excluding hydrogens is 920 g/mol. The highest BCUT2D eigenvalue weighted by molar-refractivity contribution is 5.98. The van der Waals surface area contributed by atoms with Crippen LogP contribution in [-0.4, -0.2) is 193 Å². The zero-order valence-corrected chi connectivity index (χ0v) is 41.1. The van der Waals surface area contributed by atoms with Crippen LogP contribution in [0.5, 0.6) is 0 Å². The summed E-state index contributed by atoms with van der Waals surface area (Å²) in [6.45, 7) is 9.57. The number of rotatable bonds is 15. The number of H-pyrrole nitrogens is 1. The SMILES string of the molecule is O=C(NC(C(=O)N1CCN(CC2CCN(CC(=O)N3CCN(C(=O)c4cc(Cc5n[nH]c(=O)c6ccccc56)ccc4F)CC3)CC2)CC1)C1COC1)c1cccc(C2CCCN(C(=O)CNC3CC3)C2)c1. The quantitative estimate of drug-likeness (QED) is 0.159. The van der Waals surface area contributed by atoms with Crippen LogP contribution in [0.25, 0.3) is 10.8 Å². The average molecular weight is 987 g/mol. The first-order valence-corrected chi connectivity index (χ1v) is 26.1. The van der Waals surface area contributed by atoms with Crippen LogP contribution in [0.4, 0.5) is 4.39 Å². The minimum absolute atomic E-state index is 0.0262. The topological polar surface area (TPSA) is 184 Å². The van der Waals surface area contributed by atoms with E-state index in [4.69, 9.17) is 4.74 Å². The highest BCUT2D eigenvalue weighted by Gasteiger charge is 2.39. The van der Waals surface area contributed by atoms with Crippen LogP contribution in [-0.2, 0) is 25.5 Å². The lowest BCUT2D eigenvalue weighted by atomic mass is 9.89. The molecule has 10 rings (SSSR count). The summed E-state index contributed by atoms with van der Waals surface area (Å²) in [5, 5.41) is 14.4. The molecule has 5 amide bonds. The summed E-state index contributed by atoms with van der Waals surface area (Å²) in [5.41, 5.74) is 2.56. The second kappa shape index (κ2) is 22.4. The predicted octanol–water partition coefficient (Wildman–Crippen LogP) is 2.70.